The molecule has 2 N–H and O–H groups in total. The molecule has 25 heavy (non-hydrogen) atoms. The number of halogens is 1. The lowest BCUT2D eigenvalue weighted by Gasteiger charge is -2.34. The van der Waals surface area contributed by atoms with E-state index in [0.717, 1.165) is 38.8 Å². The molecule has 2 amide bonds. The minimum atomic E-state index is -0.211. The van der Waals surface area contributed by atoms with Gasteiger partial charge in [0.2, 0.25) is 0 Å². The van der Waals surface area contributed by atoms with E-state index in [0.29, 0.717) is 25.4 Å². The van der Waals surface area contributed by atoms with Crippen molar-refractivity contribution in [2.24, 2.45) is 0 Å². The molecule has 5 nitrogen and oxygen atoms in total. The molecule has 2 aliphatic rings. The van der Waals surface area contributed by atoms with Gasteiger partial charge in [0.1, 0.15) is 5.82 Å². The molecule has 0 aliphatic carbocycles. The number of carbonyl (C=O) groups is 1. The summed E-state index contributed by atoms with van der Waals surface area (Å²) in [6, 6.07) is 6.69. The summed E-state index contributed by atoms with van der Waals surface area (Å²) in [6.07, 6.45) is 5.76. The Hall–Kier alpha value is -2.08. The van der Waals surface area contributed by atoms with Crippen molar-refractivity contribution in [1.82, 2.24) is 10.6 Å². The van der Waals surface area contributed by atoms with Crippen LogP contribution in [0.4, 0.5) is 14.9 Å². The van der Waals surface area contributed by atoms with E-state index in [2.05, 4.69) is 16.7 Å². The monoisotopic (exact) mass is 347 g/mol. The molecule has 136 valence electrons. The fourth-order valence-electron chi connectivity index (χ4n) is 3.39. The first-order valence-corrected chi connectivity index (χ1v) is 9.02. The third kappa shape index (κ3) is 5.19. The van der Waals surface area contributed by atoms with Crippen LogP contribution in [-0.2, 0) is 4.74 Å². The summed E-state index contributed by atoms with van der Waals surface area (Å²) in [7, 11) is 0. The van der Waals surface area contributed by atoms with E-state index in [9.17, 15) is 9.18 Å². The van der Waals surface area contributed by atoms with Gasteiger partial charge in [0.25, 0.3) is 0 Å². The van der Waals surface area contributed by atoms with Crippen LogP contribution in [0.25, 0.3) is 0 Å². The molecule has 1 fully saturated rings. The van der Waals surface area contributed by atoms with Gasteiger partial charge in [-0.1, -0.05) is 23.8 Å². The summed E-state index contributed by atoms with van der Waals surface area (Å²) in [6.45, 7) is 3.52. The van der Waals surface area contributed by atoms with Gasteiger partial charge in [-0.2, -0.15) is 0 Å². The molecule has 1 saturated heterocycles. The summed E-state index contributed by atoms with van der Waals surface area (Å²) < 4.78 is 19.2. The molecule has 0 bridgehead atoms. The Balaban J connectivity index is 1.43. The minimum Gasteiger partial charge on any atom is -0.377 e. The van der Waals surface area contributed by atoms with E-state index in [-0.39, 0.29) is 17.9 Å². The van der Waals surface area contributed by atoms with E-state index < -0.39 is 0 Å². The van der Waals surface area contributed by atoms with Crippen molar-refractivity contribution < 1.29 is 13.9 Å². The van der Waals surface area contributed by atoms with Crippen molar-refractivity contribution >= 4 is 11.7 Å². The third-order valence-electron chi connectivity index (χ3n) is 4.74. The van der Waals surface area contributed by atoms with Crippen molar-refractivity contribution in [3.8, 4) is 0 Å². The molecule has 2 aliphatic heterocycles. The van der Waals surface area contributed by atoms with Gasteiger partial charge in [0, 0.05) is 25.7 Å². The summed E-state index contributed by atoms with van der Waals surface area (Å²) in [5.74, 6) is -0.211. The fraction of sp³-hybridized carbons (Fsp3) is 0.526. The number of amides is 2. The number of urea groups is 1. The Bertz CT molecular complexity index is 620. The highest BCUT2D eigenvalue weighted by Gasteiger charge is 2.23. The standard InChI is InChI=1S/C19H26FN3O2/c20-17-5-1-2-6-18(17)23-11-3-4-16(14-23)22-19(24)21-10-7-15-8-12-25-13-9-15/h1-2,5-6,8,16H,3-4,7,9-14H2,(H2,21,22,24). The normalized spacial score (nSPS) is 20.8. The molecule has 6 heteroatoms. The minimum absolute atomic E-state index is 0.0376. The first kappa shape index (κ1) is 17.7. The third-order valence-corrected chi connectivity index (χ3v) is 4.74. The zero-order valence-electron chi connectivity index (χ0n) is 14.5. The van der Waals surface area contributed by atoms with Crippen molar-refractivity contribution in [1.29, 1.82) is 0 Å². The number of hydrogen-bond acceptors (Lipinski definition) is 3. The van der Waals surface area contributed by atoms with Gasteiger partial charge in [0.15, 0.2) is 0 Å². The number of carbonyl (C=O) groups excluding carboxylic acids is 1. The molecule has 1 aromatic rings. The molecular formula is C19H26FN3O2. The molecule has 1 unspecified atom stereocenters. The van der Waals surface area contributed by atoms with E-state index >= 15 is 0 Å². The number of para-hydroxylation sites is 1. The van der Waals surface area contributed by atoms with Gasteiger partial charge in [0.05, 0.1) is 18.9 Å². The van der Waals surface area contributed by atoms with Gasteiger partial charge >= 0.3 is 6.03 Å². The van der Waals surface area contributed by atoms with E-state index in [1.54, 1.807) is 12.1 Å². The maximum Gasteiger partial charge on any atom is 0.315 e. The summed E-state index contributed by atoms with van der Waals surface area (Å²) in [4.78, 5) is 14.1. The van der Waals surface area contributed by atoms with Crippen LogP contribution in [0.3, 0.4) is 0 Å². The SMILES string of the molecule is O=C(NCCC1=CCOCC1)NC1CCCN(c2ccccc2F)C1. The first-order chi connectivity index (χ1) is 12.2. The van der Waals surface area contributed by atoms with Crippen molar-refractivity contribution in [3.63, 3.8) is 0 Å². The van der Waals surface area contributed by atoms with Crippen LogP contribution in [-0.4, -0.2) is 44.9 Å². The Morgan fingerprint density at radius 1 is 1.36 bits per heavy atom. The molecule has 0 saturated carbocycles. The highest BCUT2D eigenvalue weighted by atomic mass is 19.1. The van der Waals surface area contributed by atoms with Crippen LogP contribution >= 0.6 is 0 Å². The molecular weight excluding hydrogens is 321 g/mol. The lowest BCUT2D eigenvalue weighted by atomic mass is 10.0. The largest absolute Gasteiger partial charge is 0.377 e. The highest BCUT2D eigenvalue weighted by molar-refractivity contribution is 5.74. The van der Waals surface area contributed by atoms with Gasteiger partial charge in [-0.05, 0) is 37.8 Å². The number of hydrogen-bond donors (Lipinski definition) is 2. The highest BCUT2D eigenvalue weighted by Crippen LogP contribution is 2.22. The van der Waals surface area contributed by atoms with Gasteiger partial charge in [-0.3, -0.25) is 0 Å². The summed E-state index contributed by atoms with van der Waals surface area (Å²) in [5, 5.41) is 5.94. The zero-order chi connectivity index (χ0) is 17.5. The lowest BCUT2D eigenvalue weighted by molar-refractivity contribution is 0.153. The number of ether oxygens (including phenoxy) is 1. The van der Waals surface area contributed by atoms with E-state index in [1.807, 2.05) is 11.0 Å². The van der Waals surface area contributed by atoms with Crippen LogP contribution in [0, 0.1) is 5.82 Å². The topological polar surface area (TPSA) is 53.6 Å². The molecule has 0 radical (unpaired) electrons. The van der Waals surface area contributed by atoms with Crippen molar-refractivity contribution in [3.05, 3.63) is 41.7 Å². The average Bonchev–Trinajstić information content (AvgIpc) is 2.63. The van der Waals surface area contributed by atoms with E-state index in [1.165, 1.54) is 11.6 Å². The van der Waals surface area contributed by atoms with Crippen LogP contribution in [0.2, 0.25) is 0 Å². The quantitative estimate of drug-likeness (QED) is 0.806. The Labute approximate surface area is 148 Å². The zero-order valence-corrected chi connectivity index (χ0v) is 14.5. The Morgan fingerprint density at radius 3 is 3.04 bits per heavy atom. The van der Waals surface area contributed by atoms with Gasteiger partial charge in [-0.15, -0.1) is 0 Å². The summed E-state index contributed by atoms with van der Waals surface area (Å²) in [5.41, 5.74) is 1.95. The van der Waals surface area contributed by atoms with Crippen molar-refractivity contribution in [2.45, 2.75) is 31.7 Å². The predicted molar refractivity (Wildman–Crippen MR) is 96.3 cm³/mol. The fourth-order valence-corrected chi connectivity index (χ4v) is 3.39. The van der Waals surface area contributed by atoms with Crippen LogP contribution < -0.4 is 15.5 Å². The molecule has 3 rings (SSSR count). The number of piperidine rings is 1. The second kappa shape index (κ2) is 8.85. The van der Waals surface area contributed by atoms with Crippen molar-refractivity contribution in [2.75, 3.05) is 37.7 Å². The van der Waals surface area contributed by atoms with Gasteiger partial charge in [-0.25, -0.2) is 9.18 Å². The molecule has 1 atom stereocenters. The average molecular weight is 347 g/mol. The van der Waals surface area contributed by atoms with E-state index in [4.69, 9.17) is 4.74 Å². The first-order valence-electron chi connectivity index (χ1n) is 9.02. The number of anilines is 1. The van der Waals surface area contributed by atoms with Crippen LogP contribution in [0.1, 0.15) is 25.7 Å². The second-order valence-electron chi connectivity index (χ2n) is 6.57. The smallest absolute Gasteiger partial charge is 0.315 e. The maximum atomic E-state index is 14.0. The summed E-state index contributed by atoms with van der Waals surface area (Å²) >= 11 is 0. The Kier molecular flexibility index (Phi) is 6.28. The predicted octanol–water partition coefficient (Wildman–Crippen LogP) is 2.83. The number of rotatable bonds is 5. The molecule has 1 aromatic carbocycles. The Morgan fingerprint density at radius 2 is 2.24 bits per heavy atom. The second-order valence-corrected chi connectivity index (χ2v) is 6.57. The van der Waals surface area contributed by atoms with Gasteiger partial charge < -0.3 is 20.3 Å². The molecule has 0 aromatic heterocycles. The van der Waals surface area contributed by atoms with Crippen LogP contribution in [0.5, 0.6) is 0 Å². The maximum absolute atomic E-state index is 14.0. The number of nitrogens with zero attached hydrogens (tertiary/aromatic N) is 1. The number of nitrogens with one attached hydrogen (secondary N) is 2. The van der Waals surface area contributed by atoms with Crippen LogP contribution in [0.15, 0.2) is 35.9 Å². The lowest BCUT2D eigenvalue weighted by Crippen LogP contribution is -2.50. The molecule has 2 heterocycles. The number of benzene rings is 1. The molecule has 0 spiro atoms.